The number of esters is 1. The highest BCUT2D eigenvalue weighted by atomic mass is 16.5. The van der Waals surface area contributed by atoms with Crippen molar-refractivity contribution in [3.63, 3.8) is 0 Å². The number of nitriles is 1. The van der Waals surface area contributed by atoms with Gasteiger partial charge < -0.3 is 14.8 Å². The first-order valence-corrected chi connectivity index (χ1v) is 9.79. The van der Waals surface area contributed by atoms with Crippen LogP contribution in [-0.4, -0.2) is 23.5 Å². The van der Waals surface area contributed by atoms with E-state index in [9.17, 15) is 14.9 Å². The summed E-state index contributed by atoms with van der Waals surface area (Å²) >= 11 is 0. The van der Waals surface area contributed by atoms with Gasteiger partial charge in [0.05, 0.1) is 11.6 Å². The number of hydrogen-bond donors (Lipinski definition) is 1. The third-order valence-corrected chi connectivity index (χ3v) is 4.99. The minimum Gasteiger partial charge on any atom is -0.457 e. The molecule has 2 aromatic rings. The van der Waals surface area contributed by atoms with Crippen LogP contribution >= 0.6 is 0 Å². The fourth-order valence-corrected chi connectivity index (χ4v) is 3.35. The first-order valence-electron chi connectivity index (χ1n) is 9.79. The average molecular weight is 392 g/mol. The van der Waals surface area contributed by atoms with Gasteiger partial charge in [-0.2, -0.15) is 5.26 Å². The molecule has 1 saturated carbocycles. The van der Waals surface area contributed by atoms with Gasteiger partial charge in [-0.3, -0.25) is 4.79 Å². The molecule has 1 fully saturated rings. The van der Waals surface area contributed by atoms with Gasteiger partial charge in [0.15, 0.2) is 6.10 Å². The van der Waals surface area contributed by atoms with Crippen LogP contribution in [0.2, 0.25) is 0 Å². The number of carbonyl (C=O) groups excluding carboxylic acids is 2. The number of ether oxygens (including phenoxy) is 2. The van der Waals surface area contributed by atoms with Crippen molar-refractivity contribution in [2.45, 2.75) is 50.7 Å². The van der Waals surface area contributed by atoms with E-state index in [0.717, 1.165) is 19.3 Å². The maximum Gasteiger partial charge on any atom is 0.339 e. The summed E-state index contributed by atoms with van der Waals surface area (Å²) in [6, 6.07) is 18.0. The molecule has 1 amide bonds. The standard InChI is InChI=1S/C23H24N2O4/c1-17(21(26)25-23(16-24)13-6-3-7-14-23)28-22(27)18-9-8-12-20(15-18)29-19-10-4-2-5-11-19/h2,4-5,8-12,15,17H,3,6-7,13-14H2,1H3,(H,25,26). The maximum atomic E-state index is 12.5. The van der Waals surface area contributed by atoms with E-state index in [-0.39, 0.29) is 5.56 Å². The first-order chi connectivity index (χ1) is 14.0. The van der Waals surface area contributed by atoms with Gasteiger partial charge in [0.1, 0.15) is 17.0 Å². The molecule has 6 heteroatoms. The minimum atomic E-state index is -1.01. The SMILES string of the molecule is CC(OC(=O)c1cccc(Oc2ccccc2)c1)C(=O)NC1(C#N)CCCCC1. The number of nitrogens with one attached hydrogen (secondary N) is 1. The Kier molecular flexibility index (Phi) is 6.50. The van der Waals surface area contributed by atoms with Crippen molar-refractivity contribution >= 4 is 11.9 Å². The van der Waals surface area contributed by atoms with Crippen LogP contribution < -0.4 is 10.1 Å². The maximum absolute atomic E-state index is 12.5. The van der Waals surface area contributed by atoms with Crippen molar-refractivity contribution in [3.05, 3.63) is 60.2 Å². The lowest BCUT2D eigenvalue weighted by Crippen LogP contribution is -2.52. The van der Waals surface area contributed by atoms with E-state index in [2.05, 4.69) is 11.4 Å². The van der Waals surface area contributed by atoms with Crippen molar-refractivity contribution < 1.29 is 19.1 Å². The molecule has 1 atom stereocenters. The molecule has 1 N–H and O–H groups in total. The van der Waals surface area contributed by atoms with E-state index in [4.69, 9.17) is 9.47 Å². The predicted octanol–water partition coefficient (Wildman–Crippen LogP) is 4.37. The van der Waals surface area contributed by atoms with Crippen LogP contribution in [0.3, 0.4) is 0 Å². The van der Waals surface area contributed by atoms with Gasteiger partial charge >= 0.3 is 5.97 Å². The zero-order chi connectivity index (χ0) is 20.7. The zero-order valence-corrected chi connectivity index (χ0v) is 16.4. The average Bonchev–Trinajstić information content (AvgIpc) is 2.75. The number of benzene rings is 2. The molecule has 1 unspecified atom stereocenters. The molecule has 150 valence electrons. The second kappa shape index (κ2) is 9.24. The monoisotopic (exact) mass is 392 g/mol. The highest BCUT2D eigenvalue weighted by molar-refractivity contribution is 5.92. The van der Waals surface area contributed by atoms with Crippen molar-refractivity contribution in [1.29, 1.82) is 5.26 Å². The lowest BCUT2D eigenvalue weighted by atomic mass is 9.83. The summed E-state index contributed by atoms with van der Waals surface area (Å²) in [4.78, 5) is 25.0. The van der Waals surface area contributed by atoms with Gasteiger partial charge in [-0.25, -0.2) is 4.79 Å². The number of hydrogen-bond acceptors (Lipinski definition) is 5. The lowest BCUT2D eigenvalue weighted by Gasteiger charge is -2.32. The van der Waals surface area contributed by atoms with Crippen molar-refractivity contribution in [3.8, 4) is 17.6 Å². The summed E-state index contributed by atoms with van der Waals surface area (Å²) in [5, 5.41) is 12.3. The zero-order valence-electron chi connectivity index (χ0n) is 16.4. The van der Waals surface area contributed by atoms with E-state index in [1.165, 1.54) is 6.92 Å². The Morgan fingerprint density at radius 3 is 2.41 bits per heavy atom. The summed E-state index contributed by atoms with van der Waals surface area (Å²) in [5.74, 6) is 0.0627. The van der Waals surface area contributed by atoms with Crippen molar-refractivity contribution in [2.75, 3.05) is 0 Å². The number of rotatable bonds is 6. The molecule has 0 saturated heterocycles. The van der Waals surface area contributed by atoms with E-state index < -0.39 is 23.5 Å². The van der Waals surface area contributed by atoms with E-state index in [1.807, 2.05) is 30.3 Å². The summed E-state index contributed by atoms with van der Waals surface area (Å²) in [5.41, 5.74) is -0.579. The molecule has 0 aliphatic heterocycles. The van der Waals surface area contributed by atoms with Crippen LogP contribution in [0.5, 0.6) is 11.5 Å². The fourth-order valence-electron chi connectivity index (χ4n) is 3.35. The van der Waals surface area contributed by atoms with Crippen LogP contribution in [0.1, 0.15) is 49.4 Å². The Bertz CT molecular complexity index is 899. The van der Waals surface area contributed by atoms with Gasteiger partial charge in [-0.15, -0.1) is 0 Å². The number of carbonyl (C=O) groups is 2. The highest BCUT2D eigenvalue weighted by Gasteiger charge is 2.35. The molecule has 0 aromatic heterocycles. The van der Waals surface area contributed by atoms with Gasteiger partial charge in [0, 0.05) is 0 Å². The molecule has 2 aromatic carbocycles. The van der Waals surface area contributed by atoms with Gasteiger partial charge in [-0.1, -0.05) is 43.5 Å². The van der Waals surface area contributed by atoms with Crippen molar-refractivity contribution in [2.24, 2.45) is 0 Å². The molecule has 29 heavy (non-hydrogen) atoms. The molecular formula is C23H24N2O4. The van der Waals surface area contributed by atoms with Gasteiger partial charge in [0.25, 0.3) is 5.91 Å². The topological polar surface area (TPSA) is 88.4 Å². The Morgan fingerprint density at radius 1 is 1.03 bits per heavy atom. The minimum absolute atomic E-state index is 0.283. The number of amides is 1. The lowest BCUT2D eigenvalue weighted by molar-refractivity contribution is -0.130. The predicted molar refractivity (Wildman–Crippen MR) is 107 cm³/mol. The number of para-hydroxylation sites is 1. The van der Waals surface area contributed by atoms with E-state index in [1.54, 1.807) is 24.3 Å². The summed E-state index contributed by atoms with van der Waals surface area (Å²) in [6.45, 7) is 1.51. The molecule has 0 bridgehead atoms. The van der Waals surface area contributed by atoms with E-state index >= 15 is 0 Å². The fraction of sp³-hybridized carbons (Fsp3) is 0.348. The molecule has 0 spiro atoms. The van der Waals surface area contributed by atoms with Crippen molar-refractivity contribution in [1.82, 2.24) is 5.32 Å². The second-order valence-corrected chi connectivity index (χ2v) is 7.23. The molecule has 0 heterocycles. The van der Waals surface area contributed by atoms with Crippen LogP contribution in [0.4, 0.5) is 0 Å². The third-order valence-electron chi connectivity index (χ3n) is 4.99. The first kappa shape index (κ1) is 20.4. The Morgan fingerprint density at radius 2 is 1.72 bits per heavy atom. The van der Waals surface area contributed by atoms with Crippen LogP contribution in [0, 0.1) is 11.3 Å². The molecule has 1 aliphatic carbocycles. The van der Waals surface area contributed by atoms with Crippen LogP contribution in [0.15, 0.2) is 54.6 Å². The third kappa shape index (κ3) is 5.35. The van der Waals surface area contributed by atoms with Crippen LogP contribution in [-0.2, 0) is 9.53 Å². The Hall–Kier alpha value is -3.33. The quantitative estimate of drug-likeness (QED) is 0.738. The summed E-state index contributed by atoms with van der Waals surface area (Å²) < 4.78 is 11.0. The molecule has 3 rings (SSSR count). The van der Waals surface area contributed by atoms with Crippen LogP contribution in [0.25, 0.3) is 0 Å². The van der Waals surface area contributed by atoms with Gasteiger partial charge in [0.2, 0.25) is 0 Å². The summed E-state index contributed by atoms with van der Waals surface area (Å²) in [7, 11) is 0. The largest absolute Gasteiger partial charge is 0.457 e. The molecule has 0 radical (unpaired) electrons. The Balaban J connectivity index is 1.61. The Labute approximate surface area is 170 Å². The highest BCUT2D eigenvalue weighted by Crippen LogP contribution is 2.28. The molecule has 1 aliphatic rings. The second-order valence-electron chi connectivity index (χ2n) is 7.23. The normalized spacial score (nSPS) is 16.1. The number of nitrogens with zero attached hydrogens (tertiary/aromatic N) is 1. The smallest absolute Gasteiger partial charge is 0.339 e. The summed E-state index contributed by atoms with van der Waals surface area (Å²) in [6.07, 6.45) is 3.09. The van der Waals surface area contributed by atoms with E-state index in [0.29, 0.717) is 24.3 Å². The van der Waals surface area contributed by atoms with Gasteiger partial charge in [-0.05, 0) is 50.1 Å². The molecule has 6 nitrogen and oxygen atoms in total. The molecular weight excluding hydrogens is 368 g/mol.